The van der Waals surface area contributed by atoms with Crippen LogP contribution in [0.25, 0.3) is 22.4 Å². The fourth-order valence-corrected chi connectivity index (χ4v) is 5.75. The lowest BCUT2D eigenvalue weighted by Gasteiger charge is -2.28. The van der Waals surface area contributed by atoms with Gasteiger partial charge in [0.1, 0.15) is 0 Å². The number of anilines is 1. The van der Waals surface area contributed by atoms with E-state index < -0.39 is 10.0 Å². The first-order valence-electron chi connectivity index (χ1n) is 13.0. The van der Waals surface area contributed by atoms with Gasteiger partial charge >= 0.3 is 0 Å². The van der Waals surface area contributed by atoms with Crippen molar-refractivity contribution in [1.82, 2.24) is 9.71 Å². The molecule has 0 spiro atoms. The molecule has 7 nitrogen and oxygen atoms in total. The van der Waals surface area contributed by atoms with Crippen LogP contribution in [0.4, 0.5) is 5.69 Å². The number of nitrogens with two attached hydrogens (primary N) is 1. The minimum atomic E-state index is -3.20. The molecule has 0 aliphatic heterocycles. The Morgan fingerprint density at radius 2 is 1.70 bits per heavy atom. The number of hydrogen-bond donors (Lipinski definition) is 3. The van der Waals surface area contributed by atoms with Gasteiger partial charge in [0.2, 0.25) is 15.9 Å². The summed E-state index contributed by atoms with van der Waals surface area (Å²) in [6.45, 7) is 3.60. The number of sulfonamides is 1. The normalized spacial score (nSPS) is 18.8. The van der Waals surface area contributed by atoms with Crippen LogP contribution in [0.2, 0.25) is 0 Å². The minimum absolute atomic E-state index is 0.0310. The average molecular weight is 521 g/mol. The highest BCUT2D eigenvalue weighted by atomic mass is 32.2. The Labute approximate surface area is 220 Å². The van der Waals surface area contributed by atoms with Crippen molar-refractivity contribution in [3.8, 4) is 22.4 Å². The van der Waals surface area contributed by atoms with E-state index in [1.807, 2.05) is 67.6 Å². The van der Waals surface area contributed by atoms with Gasteiger partial charge in [-0.05, 0) is 62.6 Å². The summed E-state index contributed by atoms with van der Waals surface area (Å²) >= 11 is 0. The van der Waals surface area contributed by atoms with E-state index in [2.05, 4.69) is 10.0 Å². The van der Waals surface area contributed by atoms with Crippen molar-refractivity contribution in [2.24, 2.45) is 11.7 Å². The van der Waals surface area contributed by atoms with E-state index in [9.17, 15) is 13.2 Å². The molecule has 196 valence electrons. The monoisotopic (exact) mass is 520 g/mol. The summed E-state index contributed by atoms with van der Waals surface area (Å²) in [5, 5.41) is 3.03. The largest absolute Gasteiger partial charge is 0.325 e. The fraction of sp³-hybridized carbons (Fsp3) is 0.379. The van der Waals surface area contributed by atoms with Gasteiger partial charge in [-0.2, -0.15) is 0 Å². The lowest BCUT2D eigenvalue weighted by atomic mass is 9.84. The lowest BCUT2D eigenvalue weighted by Crippen LogP contribution is -2.38. The number of hydrogen-bond acceptors (Lipinski definition) is 5. The van der Waals surface area contributed by atoms with Crippen LogP contribution in [-0.4, -0.2) is 31.1 Å². The molecule has 1 aromatic heterocycles. The van der Waals surface area contributed by atoms with E-state index >= 15 is 0 Å². The molecular formula is C29H36N4O3S. The van der Waals surface area contributed by atoms with Gasteiger partial charge < -0.3 is 11.1 Å². The van der Waals surface area contributed by atoms with Gasteiger partial charge in [0.05, 0.1) is 23.3 Å². The highest BCUT2D eigenvalue weighted by molar-refractivity contribution is 7.89. The average Bonchev–Trinajstić information content (AvgIpc) is 2.90. The van der Waals surface area contributed by atoms with E-state index in [-0.39, 0.29) is 29.7 Å². The van der Waals surface area contributed by atoms with Crippen LogP contribution in [0.15, 0.2) is 66.9 Å². The molecule has 1 heterocycles. The number of carbonyl (C=O) groups excluding carboxylic acids is 1. The van der Waals surface area contributed by atoms with E-state index in [1.165, 1.54) is 0 Å². The molecule has 1 saturated carbocycles. The lowest BCUT2D eigenvalue weighted by molar-refractivity contribution is -0.117. The SMILES string of the molecule is CCS(=O)(=O)N[C@H]1CC[C@H](CC(=O)Nc2cnc(-c3ccc([C@H](C)N)cc3)c(-c3ccccc3)c2)CC1. The number of carbonyl (C=O) groups is 1. The zero-order valence-electron chi connectivity index (χ0n) is 21.5. The minimum Gasteiger partial charge on any atom is -0.325 e. The summed E-state index contributed by atoms with van der Waals surface area (Å²) in [6.07, 6.45) is 5.28. The van der Waals surface area contributed by atoms with Gasteiger partial charge in [0, 0.05) is 29.6 Å². The third-order valence-electron chi connectivity index (χ3n) is 7.01. The number of rotatable bonds is 9. The number of benzene rings is 2. The summed E-state index contributed by atoms with van der Waals surface area (Å²) in [5.74, 6) is 0.282. The second kappa shape index (κ2) is 12.0. The molecule has 0 unspecified atom stereocenters. The standard InChI is InChI=1S/C29H36N4O3S/c1-3-37(35,36)33-25-15-9-21(10-16-25)17-28(34)32-26-18-27(23-7-5-4-6-8-23)29(31-19-26)24-13-11-22(12-14-24)20(2)30/h4-8,11-14,18-21,25,33H,3,9-10,15-17,30H2,1-2H3,(H,32,34)/t20-,21-,25-/m0/s1. The fourth-order valence-electron chi connectivity index (χ4n) is 4.84. The Balaban J connectivity index is 1.46. The molecule has 4 N–H and O–H groups in total. The highest BCUT2D eigenvalue weighted by Crippen LogP contribution is 2.33. The Bertz CT molecular complexity index is 1300. The highest BCUT2D eigenvalue weighted by Gasteiger charge is 2.25. The topological polar surface area (TPSA) is 114 Å². The molecule has 1 fully saturated rings. The smallest absolute Gasteiger partial charge is 0.224 e. The van der Waals surface area contributed by atoms with Crippen LogP contribution in [0.1, 0.15) is 57.6 Å². The maximum Gasteiger partial charge on any atom is 0.224 e. The maximum atomic E-state index is 12.9. The second-order valence-electron chi connectivity index (χ2n) is 9.89. The zero-order valence-corrected chi connectivity index (χ0v) is 22.3. The quantitative estimate of drug-likeness (QED) is 0.356. The molecule has 8 heteroatoms. The van der Waals surface area contributed by atoms with Crippen molar-refractivity contribution in [1.29, 1.82) is 0 Å². The molecule has 0 radical (unpaired) electrons. The first kappa shape index (κ1) is 27.0. The first-order valence-corrected chi connectivity index (χ1v) is 14.6. The van der Waals surface area contributed by atoms with Gasteiger partial charge in [-0.15, -0.1) is 0 Å². The Morgan fingerprint density at radius 1 is 1.03 bits per heavy atom. The maximum absolute atomic E-state index is 12.9. The molecule has 4 rings (SSSR count). The van der Waals surface area contributed by atoms with Gasteiger partial charge in [-0.3, -0.25) is 9.78 Å². The van der Waals surface area contributed by atoms with Gasteiger partial charge in [0.15, 0.2) is 0 Å². The van der Waals surface area contributed by atoms with Crippen LogP contribution < -0.4 is 15.8 Å². The second-order valence-corrected chi connectivity index (χ2v) is 11.9. The summed E-state index contributed by atoms with van der Waals surface area (Å²) in [5.41, 5.74) is 11.5. The van der Waals surface area contributed by atoms with Gasteiger partial charge in [0.25, 0.3) is 0 Å². The summed E-state index contributed by atoms with van der Waals surface area (Å²) in [7, 11) is -3.20. The van der Waals surface area contributed by atoms with Crippen molar-refractivity contribution in [2.75, 3.05) is 11.1 Å². The van der Waals surface area contributed by atoms with Crippen LogP contribution in [0, 0.1) is 5.92 Å². The van der Waals surface area contributed by atoms with E-state index in [0.717, 1.165) is 53.6 Å². The predicted molar refractivity (Wildman–Crippen MR) is 149 cm³/mol. The van der Waals surface area contributed by atoms with Crippen LogP contribution in [-0.2, 0) is 14.8 Å². The molecule has 1 aliphatic carbocycles. The summed E-state index contributed by atoms with van der Waals surface area (Å²) in [6, 6.07) is 20.0. The first-order chi connectivity index (χ1) is 17.7. The zero-order chi connectivity index (χ0) is 26.4. The number of nitrogens with one attached hydrogen (secondary N) is 2. The Morgan fingerprint density at radius 3 is 2.32 bits per heavy atom. The van der Waals surface area contributed by atoms with E-state index in [4.69, 9.17) is 10.7 Å². The molecule has 2 aromatic carbocycles. The van der Waals surface area contributed by atoms with Crippen LogP contribution in [0.3, 0.4) is 0 Å². The summed E-state index contributed by atoms with van der Waals surface area (Å²) < 4.78 is 26.4. The van der Waals surface area contributed by atoms with Crippen molar-refractivity contribution in [2.45, 2.75) is 58.0 Å². The number of aromatic nitrogens is 1. The molecule has 0 bridgehead atoms. The van der Waals surface area contributed by atoms with Crippen LogP contribution in [0.5, 0.6) is 0 Å². The number of amides is 1. The van der Waals surface area contributed by atoms with Gasteiger partial charge in [-0.1, -0.05) is 54.6 Å². The molecule has 1 aliphatic rings. The molecular weight excluding hydrogens is 484 g/mol. The summed E-state index contributed by atoms with van der Waals surface area (Å²) in [4.78, 5) is 17.6. The third kappa shape index (κ3) is 7.25. The van der Waals surface area contributed by atoms with Crippen molar-refractivity contribution in [3.63, 3.8) is 0 Å². The van der Waals surface area contributed by atoms with E-state index in [0.29, 0.717) is 12.1 Å². The number of nitrogens with zero attached hydrogens (tertiary/aromatic N) is 1. The Hall–Kier alpha value is -3.07. The molecule has 0 saturated heterocycles. The number of pyridine rings is 1. The molecule has 37 heavy (non-hydrogen) atoms. The molecule has 1 amide bonds. The molecule has 1 atom stereocenters. The van der Waals surface area contributed by atoms with E-state index in [1.54, 1.807) is 13.1 Å². The van der Waals surface area contributed by atoms with Crippen LogP contribution >= 0.6 is 0 Å². The van der Waals surface area contributed by atoms with Crippen molar-refractivity contribution in [3.05, 3.63) is 72.4 Å². The van der Waals surface area contributed by atoms with Gasteiger partial charge in [-0.25, -0.2) is 13.1 Å². The van der Waals surface area contributed by atoms with Crippen molar-refractivity contribution < 1.29 is 13.2 Å². The Kier molecular flexibility index (Phi) is 8.74. The molecule has 3 aromatic rings. The van der Waals surface area contributed by atoms with Crippen molar-refractivity contribution >= 4 is 21.6 Å². The predicted octanol–water partition coefficient (Wildman–Crippen LogP) is 5.26. The third-order valence-corrected chi connectivity index (χ3v) is 8.47.